The van der Waals surface area contributed by atoms with Gasteiger partial charge in [-0.15, -0.1) is 0 Å². The number of carboxylic acids is 1. The standard InChI is InChI=1S/C26H25FO3/c1-26(2,3)22-10-4-18(5-11-22)17-30-24-14-8-20(16-21(24)9-15-25(28)29)19-6-12-23(27)13-7-19/h4-16H,17H2,1-3H3,(H,28,29)/b15-9+. The van der Waals surface area contributed by atoms with E-state index in [1.54, 1.807) is 12.1 Å². The SMILES string of the molecule is CC(C)(C)c1ccc(COc2ccc(-c3ccc(F)cc3)cc2/C=C/C(=O)O)cc1. The molecule has 0 saturated carbocycles. The predicted molar refractivity (Wildman–Crippen MR) is 118 cm³/mol. The Labute approximate surface area is 176 Å². The third-order valence-electron chi connectivity index (χ3n) is 4.81. The lowest BCUT2D eigenvalue weighted by Crippen LogP contribution is -2.10. The summed E-state index contributed by atoms with van der Waals surface area (Å²) in [6, 6.07) is 20.0. The Balaban J connectivity index is 1.84. The van der Waals surface area contributed by atoms with Crippen LogP contribution in [0.1, 0.15) is 37.5 Å². The van der Waals surface area contributed by atoms with Gasteiger partial charge in [-0.3, -0.25) is 0 Å². The van der Waals surface area contributed by atoms with Crippen LogP contribution in [0.3, 0.4) is 0 Å². The van der Waals surface area contributed by atoms with Crippen molar-refractivity contribution in [3.05, 3.63) is 95.3 Å². The average molecular weight is 404 g/mol. The van der Waals surface area contributed by atoms with E-state index in [0.717, 1.165) is 22.8 Å². The summed E-state index contributed by atoms with van der Waals surface area (Å²) in [5.74, 6) is -0.758. The van der Waals surface area contributed by atoms with Gasteiger partial charge >= 0.3 is 5.97 Å². The zero-order valence-corrected chi connectivity index (χ0v) is 17.4. The number of halogens is 1. The van der Waals surface area contributed by atoms with Crippen molar-refractivity contribution in [2.24, 2.45) is 0 Å². The molecule has 3 rings (SSSR count). The smallest absolute Gasteiger partial charge is 0.328 e. The van der Waals surface area contributed by atoms with E-state index in [2.05, 4.69) is 32.9 Å². The van der Waals surface area contributed by atoms with Crippen LogP contribution in [0, 0.1) is 5.82 Å². The number of aliphatic carboxylic acids is 1. The van der Waals surface area contributed by atoms with Crippen LogP contribution in [0.5, 0.6) is 5.75 Å². The largest absolute Gasteiger partial charge is 0.488 e. The molecule has 0 spiro atoms. The molecular weight excluding hydrogens is 379 g/mol. The van der Waals surface area contributed by atoms with Crippen LogP contribution in [0.25, 0.3) is 17.2 Å². The molecule has 0 bridgehead atoms. The lowest BCUT2D eigenvalue weighted by Gasteiger charge is -2.19. The van der Waals surface area contributed by atoms with Gasteiger partial charge in [0.05, 0.1) is 0 Å². The first-order valence-electron chi connectivity index (χ1n) is 9.75. The zero-order chi connectivity index (χ0) is 21.7. The number of rotatable bonds is 6. The van der Waals surface area contributed by atoms with E-state index in [9.17, 15) is 9.18 Å². The van der Waals surface area contributed by atoms with E-state index in [0.29, 0.717) is 17.9 Å². The highest BCUT2D eigenvalue weighted by atomic mass is 19.1. The molecule has 3 aromatic rings. The Morgan fingerprint density at radius 3 is 2.20 bits per heavy atom. The summed E-state index contributed by atoms with van der Waals surface area (Å²) in [6.07, 6.45) is 2.59. The zero-order valence-electron chi connectivity index (χ0n) is 17.4. The second-order valence-corrected chi connectivity index (χ2v) is 8.17. The number of hydrogen-bond acceptors (Lipinski definition) is 2. The van der Waals surface area contributed by atoms with E-state index in [1.807, 2.05) is 30.3 Å². The van der Waals surface area contributed by atoms with Crippen molar-refractivity contribution in [1.29, 1.82) is 0 Å². The molecule has 154 valence electrons. The summed E-state index contributed by atoms with van der Waals surface area (Å²) in [5.41, 5.74) is 4.70. The molecule has 30 heavy (non-hydrogen) atoms. The van der Waals surface area contributed by atoms with Crippen molar-refractivity contribution < 1.29 is 19.0 Å². The highest BCUT2D eigenvalue weighted by molar-refractivity contribution is 5.86. The molecule has 0 aliphatic rings. The maximum atomic E-state index is 13.2. The summed E-state index contributed by atoms with van der Waals surface area (Å²) >= 11 is 0. The van der Waals surface area contributed by atoms with Gasteiger partial charge in [0.15, 0.2) is 0 Å². The van der Waals surface area contributed by atoms with Gasteiger partial charge in [-0.25, -0.2) is 9.18 Å². The Morgan fingerprint density at radius 2 is 1.60 bits per heavy atom. The lowest BCUT2D eigenvalue weighted by molar-refractivity contribution is -0.131. The van der Waals surface area contributed by atoms with E-state index >= 15 is 0 Å². The highest BCUT2D eigenvalue weighted by Gasteiger charge is 2.13. The monoisotopic (exact) mass is 404 g/mol. The molecule has 4 heteroatoms. The predicted octanol–water partition coefficient (Wildman–Crippen LogP) is 6.47. The van der Waals surface area contributed by atoms with Gasteiger partial charge < -0.3 is 9.84 Å². The molecule has 0 radical (unpaired) electrons. The number of carbonyl (C=O) groups is 1. The molecule has 0 aliphatic carbocycles. The van der Waals surface area contributed by atoms with Crippen molar-refractivity contribution >= 4 is 12.0 Å². The molecule has 0 saturated heterocycles. The van der Waals surface area contributed by atoms with Gasteiger partial charge in [0.2, 0.25) is 0 Å². The molecule has 0 amide bonds. The van der Waals surface area contributed by atoms with Gasteiger partial charge in [0.25, 0.3) is 0 Å². The Morgan fingerprint density at radius 1 is 0.967 bits per heavy atom. The minimum Gasteiger partial charge on any atom is -0.488 e. The fourth-order valence-corrected chi connectivity index (χ4v) is 3.06. The molecular formula is C26H25FO3. The minimum atomic E-state index is -1.04. The quantitative estimate of drug-likeness (QED) is 0.479. The van der Waals surface area contributed by atoms with Crippen molar-refractivity contribution in [2.75, 3.05) is 0 Å². The molecule has 0 unspecified atom stereocenters. The molecule has 1 N–H and O–H groups in total. The van der Waals surface area contributed by atoms with Gasteiger partial charge in [-0.1, -0.05) is 63.2 Å². The second kappa shape index (κ2) is 8.95. The Hall–Kier alpha value is -3.40. The van der Waals surface area contributed by atoms with Crippen molar-refractivity contribution in [1.82, 2.24) is 0 Å². The topological polar surface area (TPSA) is 46.5 Å². The van der Waals surface area contributed by atoms with Crippen LogP contribution in [0.4, 0.5) is 4.39 Å². The van der Waals surface area contributed by atoms with Crippen molar-refractivity contribution in [2.45, 2.75) is 32.8 Å². The summed E-state index contributed by atoms with van der Waals surface area (Å²) in [7, 11) is 0. The molecule has 0 heterocycles. The fourth-order valence-electron chi connectivity index (χ4n) is 3.06. The van der Waals surface area contributed by atoms with Crippen LogP contribution in [0.15, 0.2) is 72.8 Å². The fraction of sp³-hybridized carbons (Fsp3) is 0.192. The Kier molecular flexibility index (Phi) is 6.36. The van der Waals surface area contributed by atoms with Crippen molar-refractivity contribution in [3.63, 3.8) is 0 Å². The third-order valence-corrected chi connectivity index (χ3v) is 4.81. The van der Waals surface area contributed by atoms with Crippen LogP contribution >= 0.6 is 0 Å². The number of carboxylic acid groups (broad SMARTS) is 1. The van der Waals surface area contributed by atoms with Crippen LogP contribution in [-0.4, -0.2) is 11.1 Å². The van der Waals surface area contributed by atoms with Crippen LogP contribution in [0.2, 0.25) is 0 Å². The van der Waals surface area contributed by atoms with E-state index < -0.39 is 5.97 Å². The molecule has 0 atom stereocenters. The van der Waals surface area contributed by atoms with Crippen LogP contribution in [-0.2, 0) is 16.8 Å². The molecule has 0 aliphatic heterocycles. The van der Waals surface area contributed by atoms with Crippen LogP contribution < -0.4 is 4.74 Å². The van der Waals surface area contributed by atoms with Gasteiger partial charge in [-0.05, 0) is 58.0 Å². The van der Waals surface area contributed by atoms with Gasteiger partial charge in [0, 0.05) is 11.6 Å². The van der Waals surface area contributed by atoms with Gasteiger partial charge in [0.1, 0.15) is 18.2 Å². The normalized spacial score (nSPS) is 11.6. The molecule has 3 aromatic carbocycles. The van der Waals surface area contributed by atoms with E-state index in [-0.39, 0.29) is 11.2 Å². The average Bonchev–Trinajstić information content (AvgIpc) is 2.71. The van der Waals surface area contributed by atoms with Crippen molar-refractivity contribution in [3.8, 4) is 16.9 Å². The third kappa shape index (κ3) is 5.57. The first-order valence-corrected chi connectivity index (χ1v) is 9.75. The minimum absolute atomic E-state index is 0.0877. The summed E-state index contributed by atoms with van der Waals surface area (Å²) in [6.45, 7) is 6.88. The van der Waals surface area contributed by atoms with E-state index in [1.165, 1.54) is 23.8 Å². The molecule has 0 aromatic heterocycles. The number of hydrogen-bond donors (Lipinski definition) is 1. The first-order chi connectivity index (χ1) is 14.2. The lowest BCUT2D eigenvalue weighted by atomic mass is 9.87. The summed E-state index contributed by atoms with van der Waals surface area (Å²) < 4.78 is 19.2. The molecule has 0 fully saturated rings. The second-order valence-electron chi connectivity index (χ2n) is 8.17. The number of ether oxygens (including phenoxy) is 1. The van der Waals surface area contributed by atoms with Gasteiger partial charge in [-0.2, -0.15) is 0 Å². The summed E-state index contributed by atoms with van der Waals surface area (Å²) in [4.78, 5) is 11.0. The highest BCUT2D eigenvalue weighted by Crippen LogP contribution is 2.29. The van der Waals surface area contributed by atoms with E-state index in [4.69, 9.17) is 9.84 Å². The maximum Gasteiger partial charge on any atom is 0.328 e. The Bertz CT molecular complexity index is 1040. The summed E-state index contributed by atoms with van der Waals surface area (Å²) in [5, 5.41) is 9.01. The maximum absolute atomic E-state index is 13.2. The number of benzene rings is 3. The first kappa shape index (κ1) is 21.3. The molecule has 3 nitrogen and oxygen atoms in total.